The average molecular weight is 209 g/mol. The van der Waals surface area contributed by atoms with E-state index in [2.05, 4.69) is 20.8 Å². The Balaban J connectivity index is 2.84. The maximum Gasteiger partial charge on any atom is 0.123 e. The minimum Gasteiger partial charge on any atom is -0.330 e. The van der Waals surface area contributed by atoms with Crippen LogP contribution in [0.2, 0.25) is 0 Å². The van der Waals surface area contributed by atoms with Crippen LogP contribution in [0.1, 0.15) is 26.3 Å². The maximum atomic E-state index is 13.0. The Morgan fingerprint density at radius 1 is 1.40 bits per heavy atom. The van der Waals surface area contributed by atoms with E-state index in [4.69, 9.17) is 5.73 Å². The van der Waals surface area contributed by atoms with E-state index in [9.17, 15) is 4.39 Å². The van der Waals surface area contributed by atoms with Gasteiger partial charge in [0.1, 0.15) is 5.82 Å². The first-order chi connectivity index (χ1) is 6.98. The van der Waals surface area contributed by atoms with Crippen LogP contribution in [-0.4, -0.2) is 6.54 Å². The van der Waals surface area contributed by atoms with E-state index in [-0.39, 0.29) is 11.2 Å². The molecule has 0 radical (unpaired) electrons. The Hall–Kier alpha value is -0.890. The van der Waals surface area contributed by atoms with Crippen molar-refractivity contribution in [3.8, 4) is 0 Å². The summed E-state index contributed by atoms with van der Waals surface area (Å²) in [5, 5.41) is 0. The molecule has 0 aliphatic rings. The summed E-state index contributed by atoms with van der Waals surface area (Å²) in [6, 6.07) is 6.77. The first-order valence-corrected chi connectivity index (χ1v) is 5.42. The number of hydrogen-bond acceptors (Lipinski definition) is 1. The summed E-state index contributed by atoms with van der Waals surface area (Å²) in [6.45, 7) is 7.10. The Morgan fingerprint density at radius 3 is 2.53 bits per heavy atom. The molecule has 0 heterocycles. The van der Waals surface area contributed by atoms with Crippen molar-refractivity contribution < 1.29 is 4.39 Å². The molecule has 0 aliphatic heterocycles. The van der Waals surface area contributed by atoms with Gasteiger partial charge in [-0.2, -0.15) is 0 Å². The molecule has 1 atom stereocenters. The molecule has 2 heteroatoms. The van der Waals surface area contributed by atoms with Gasteiger partial charge in [0, 0.05) is 0 Å². The van der Waals surface area contributed by atoms with Gasteiger partial charge in [0.2, 0.25) is 0 Å². The Labute approximate surface area is 91.5 Å². The van der Waals surface area contributed by atoms with Gasteiger partial charge in [0.05, 0.1) is 0 Å². The molecule has 1 unspecified atom stereocenters. The van der Waals surface area contributed by atoms with Crippen molar-refractivity contribution in [2.75, 3.05) is 6.54 Å². The summed E-state index contributed by atoms with van der Waals surface area (Å²) in [5.41, 5.74) is 6.87. The molecule has 15 heavy (non-hydrogen) atoms. The smallest absolute Gasteiger partial charge is 0.123 e. The lowest BCUT2D eigenvalue weighted by Crippen LogP contribution is -2.34. The zero-order valence-electron chi connectivity index (χ0n) is 9.76. The monoisotopic (exact) mass is 209 g/mol. The number of hydrogen-bond donors (Lipinski definition) is 1. The van der Waals surface area contributed by atoms with Crippen LogP contribution >= 0.6 is 0 Å². The average Bonchev–Trinajstić information content (AvgIpc) is 2.17. The maximum absolute atomic E-state index is 13.0. The molecular weight excluding hydrogens is 189 g/mol. The third-order valence-electron chi connectivity index (χ3n) is 3.36. The van der Waals surface area contributed by atoms with Crippen LogP contribution in [0.5, 0.6) is 0 Å². The molecule has 0 amide bonds. The fourth-order valence-corrected chi connectivity index (χ4v) is 1.63. The van der Waals surface area contributed by atoms with Gasteiger partial charge in [-0.15, -0.1) is 0 Å². The number of rotatable bonds is 4. The van der Waals surface area contributed by atoms with Gasteiger partial charge in [-0.3, -0.25) is 0 Å². The quantitative estimate of drug-likeness (QED) is 0.810. The van der Waals surface area contributed by atoms with Crippen LogP contribution in [0.25, 0.3) is 0 Å². The lowest BCUT2D eigenvalue weighted by molar-refractivity contribution is 0.227. The van der Waals surface area contributed by atoms with E-state index in [1.807, 2.05) is 6.07 Å². The fraction of sp³-hybridized carbons (Fsp3) is 0.538. The number of benzene rings is 1. The lowest BCUT2D eigenvalue weighted by Gasteiger charge is -2.32. The summed E-state index contributed by atoms with van der Waals surface area (Å²) in [6.07, 6.45) is 0.832. The van der Waals surface area contributed by atoms with Gasteiger partial charge in [0.15, 0.2) is 0 Å². The van der Waals surface area contributed by atoms with Crippen molar-refractivity contribution >= 4 is 0 Å². The second-order valence-electron chi connectivity index (χ2n) is 4.82. The van der Waals surface area contributed by atoms with Crippen molar-refractivity contribution in [2.45, 2.75) is 27.2 Å². The molecular formula is C13H20FN. The van der Waals surface area contributed by atoms with Crippen LogP contribution in [0.3, 0.4) is 0 Å². The molecule has 0 saturated heterocycles. The Bertz CT molecular complexity index is 322. The third kappa shape index (κ3) is 3.03. The summed E-state index contributed by atoms with van der Waals surface area (Å²) < 4.78 is 13.0. The number of halogens is 1. The van der Waals surface area contributed by atoms with Gasteiger partial charge in [-0.1, -0.05) is 32.9 Å². The molecule has 1 aromatic rings. The van der Waals surface area contributed by atoms with E-state index in [0.717, 1.165) is 12.0 Å². The molecule has 1 rings (SSSR count). The zero-order valence-corrected chi connectivity index (χ0v) is 9.76. The fourth-order valence-electron chi connectivity index (χ4n) is 1.63. The normalized spacial score (nSPS) is 15.3. The number of nitrogens with two attached hydrogens (primary N) is 1. The van der Waals surface area contributed by atoms with Gasteiger partial charge in [0.25, 0.3) is 0 Å². The molecule has 84 valence electrons. The van der Waals surface area contributed by atoms with Crippen LogP contribution in [-0.2, 0) is 6.42 Å². The van der Waals surface area contributed by atoms with E-state index in [0.29, 0.717) is 12.5 Å². The van der Waals surface area contributed by atoms with Gasteiger partial charge >= 0.3 is 0 Å². The van der Waals surface area contributed by atoms with Gasteiger partial charge in [-0.25, -0.2) is 4.39 Å². The standard InChI is InChI=1S/C13H20FN/c1-10(2)13(3,9-15)8-11-5-4-6-12(14)7-11/h4-7,10H,8-9,15H2,1-3H3. The summed E-state index contributed by atoms with van der Waals surface area (Å²) >= 11 is 0. The van der Waals surface area contributed by atoms with Crippen molar-refractivity contribution in [2.24, 2.45) is 17.1 Å². The molecule has 2 N–H and O–H groups in total. The van der Waals surface area contributed by atoms with Crippen molar-refractivity contribution in [3.05, 3.63) is 35.6 Å². The van der Waals surface area contributed by atoms with E-state index >= 15 is 0 Å². The lowest BCUT2D eigenvalue weighted by atomic mass is 9.74. The minimum atomic E-state index is -0.171. The highest BCUT2D eigenvalue weighted by Crippen LogP contribution is 2.30. The predicted octanol–water partition coefficient (Wildman–Crippen LogP) is 2.99. The van der Waals surface area contributed by atoms with Crippen molar-refractivity contribution in [1.82, 2.24) is 0 Å². The Kier molecular flexibility index (Phi) is 3.86. The molecule has 0 spiro atoms. The molecule has 0 aliphatic carbocycles. The highest BCUT2D eigenvalue weighted by atomic mass is 19.1. The largest absolute Gasteiger partial charge is 0.330 e. The van der Waals surface area contributed by atoms with E-state index < -0.39 is 0 Å². The zero-order chi connectivity index (χ0) is 11.5. The van der Waals surface area contributed by atoms with Crippen molar-refractivity contribution in [3.63, 3.8) is 0 Å². The van der Waals surface area contributed by atoms with E-state index in [1.54, 1.807) is 12.1 Å². The topological polar surface area (TPSA) is 26.0 Å². The third-order valence-corrected chi connectivity index (χ3v) is 3.36. The SMILES string of the molecule is CC(C)C(C)(CN)Cc1cccc(F)c1. The van der Waals surface area contributed by atoms with Gasteiger partial charge < -0.3 is 5.73 Å². The summed E-state index contributed by atoms with van der Waals surface area (Å²) in [5.74, 6) is 0.321. The summed E-state index contributed by atoms with van der Waals surface area (Å²) in [4.78, 5) is 0. The molecule has 1 aromatic carbocycles. The second-order valence-corrected chi connectivity index (χ2v) is 4.82. The molecule has 1 nitrogen and oxygen atoms in total. The summed E-state index contributed by atoms with van der Waals surface area (Å²) in [7, 11) is 0. The highest BCUT2D eigenvalue weighted by molar-refractivity contribution is 5.18. The molecule has 0 aromatic heterocycles. The molecule has 0 fully saturated rings. The first kappa shape index (κ1) is 12.2. The molecule has 0 bridgehead atoms. The van der Waals surface area contributed by atoms with Crippen LogP contribution in [0.15, 0.2) is 24.3 Å². The molecule has 0 saturated carbocycles. The van der Waals surface area contributed by atoms with E-state index in [1.165, 1.54) is 6.07 Å². The van der Waals surface area contributed by atoms with Gasteiger partial charge in [-0.05, 0) is 42.0 Å². The predicted molar refractivity (Wildman–Crippen MR) is 62.1 cm³/mol. The second kappa shape index (κ2) is 4.75. The van der Waals surface area contributed by atoms with Crippen molar-refractivity contribution in [1.29, 1.82) is 0 Å². The minimum absolute atomic E-state index is 0.0494. The first-order valence-electron chi connectivity index (χ1n) is 5.42. The van der Waals surface area contributed by atoms with Crippen LogP contribution in [0.4, 0.5) is 4.39 Å². The van der Waals surface area contributed by atoms with Crippen LogP contribution < -0.4 is 5.73 Å². The van der Waals surface area contributed by atoms with Crippen LogP contribution in [0, 0.1) is 17.2 Å². The highest BCUT2D eigenvalue weighted by Gasteiger charge is 2.26. The Morgan fingerprint density at radius 2 is 2.07 bits per heavy atom.